The molecular formula is C15H23NO. The summed E-state index contributed by atoms with van der Waals surface area (Å²) in [4.78, 5) is 0. The number of ether oxygens (including phenoxy) is 1. The summed E-state index contributed by atoms with van der Waals surface area (Å²) in [6, 6.07) is 8.47. The first-order chi connectivity index (χ1) is 8.36. The molecular weight excluding hydrogens is 210 g/mol. The highest BCUT2D eigenvalue weighted by Gasteiger charge is 2.29. The van der Waals surface area contributed by atoms with Crippen LogP contribution >= 0.6 is 0 Å². The molecule has 1 aliphatic carbocycles. The first-order valence-electron chi connectivity index (χ1n) is 6.78. The van der Waals surface area contributed by atoms with E-state index in [0.29, 0.717) is 11.8 Å². The summed E-state index contributed by atoms with van der Waals surface area (Å²) in [6.07, 6.45) is 4.88. The zero-order valence-electron chi connectivity index (χ0n) is 10.7. The Morgan fingerprint density at radius 2 is 2.12 bits per heavy atom. The smallest absolute Gasteiger partial charge is 0.122 e. The lowest BCUT2D eigenvalue weighted by atomic mass is 9.88. The van der Waals surface area contributed by atoms with Gasteiger partial charge in [0.25, 0.3) is 0 Å². The Kier molecular flexibility index (Phi) is 4.43. The molecule has 0 aromatic heterocycles. The van der Waals surface area contributed by atoms with Gasteiger partial charge >= 0.3 is 0 Å². The fourth-order valence-corrected chi connectivity index (χ4v) is 2.86. The molecule has 2 heteroatoms. The summed E-state index contributed by atoms with van der Waals surface area (Å²) >= 11 is 0. The van der Waals surface area contributed by atoms with Crippen molar-refractivity contribution in [3.05, 3.63) is 29.8 Å². The molecule has 0 amide bonds. The zero-order chi connectivity index (χ0) is 12.1. The van der Waals surface area contributed by atoms with E-state index >= 15 is 0 Å². The average Bonchev–Trinajstić information content (AvgIpc) is 2.84. The lowest BCUT2D eigenvalue weighted by Gasteiger charge is -2.21. The maximum atomic E-state index is 5.87. The number of hydrogen-bond acceptors (Lipinski definition) is 2. The summed E-state index contributed by atoms with van der Waals surface area (Å²) in [6.45, 7) is 3.74. The summed E-state index contributed by atoms with van der Waals surface area (Å²) in [7, 11) is 0. The van der Waals surface area contributed by atoms with Gasteiger partial charge in [0.15, 0.2) is 0 Å². The van der Waals surface area contributed by atoms with E-state index in [0.717, 1.165) is 25.3 Å². The Morgan fingerprint density at radius 1 is 1.29 bits per heavy atom. The second-order valence-corrected chi connectivity index (χ2v) is 4.92. The van der Waals surface area contributed by atoms with Crippen LogP contribution in [0.4, 0.5) is 0 Å². The molecule has 1 saturated carbocycles. The van der Waals surface area contributed by atoms with Crippen LogP contribution in [0.5, 0.6) is 5.75 Å². The molecule has 2 rings (SSSR count). The quantitative estimate of drug-likeness (QED) is 0.846. The van der Waals surface area contributed by atoms with E-state index in [-0.39, 0.29) is 0 Å². The molecule has 0 aliphatic heterocycles. The summed E-state index contributed by atoms with van der Waals surface area (Å²) in [5.74, 6) is 2.31. The summed E-state index contributed by atoms with van der Waals surface area (Å²) < 4.78 is 5.85. The Hall–Kier alpha value is -1.02. The van der Waals surface area contributed by atoms with Crippen molar-refractivity contribution >= 4 is 0 Å². The molecule has 0 heterocycles. The molecule has 1 aliphatic rings. The van der Waals surface area contributed by atoms with Crippen molar-refractivity contribution in [2.24, 2.45) is 11.7 Å². The van der Waals surface area contributed by atoms with Gasteiger partial charge in [0.2, 0.25) is 0 Å². The van der Waals surface area contributed by atoms with Crippen molar-refractivity contribution in [3.8, 4) is 5.75 Å². The number of nitrogens with two attached hydrogens (primary N) is 1. The van der Waals surface area contributed by atoms with E-state index in [2.05, 4.69) is 31.2 Å². The van der Waals surface area contributed by atoms with Crippen molar-refractivity contribution in [2.75, 3.05) is 13.2 Å². The van der Waals surface area contributed by atoms with Crippen LogP contribution in [0.1, 0.15) is 44.1 Å². The van der Waals surface area contributed by atoms with Crippen molar-refractivity contribution in [1.82, 2.24) is 0 Å². The standard InChI is InChI=1S/C15H23NO/c1-2-10-17-15-9-4-3-7-14(15)13-8-5-6-12(13)11-16/h3-4,7,9,12-13H,2,5-6,8,10-11,16H2,1H3. The fraction of sp³-hybridized carbons (Fsp3) is 0.600. The summed E-state index contributed by atoms with van der Waals surface area (Å²) in [5.41, 5.74) is 7.24. The maximum absolute atomic E-state index is 5.87. The summed E-state index contributed by atoms with van der Waals surface area (Å²) in [5, 5.41) is 0. The van der Waals surface area contributed by atoms with Crippen LogP contribution in [0, 0.1) is 5.92 Å². The Balaban J connectivity index is 2.18. The van der Waals surface area contributed by atoms with Crippen molar-refractivity contribution in [2.45, 2.75) is 38.5 Å². The minimum atomic E-state index is 0.605. The third kappa shape index (κ3) is 2.81. The van der Waals surface area contributed by atoms with E-state index in [1.807, 2.05) is 0 Å². The molecule has 17 heavy (non-hydrogen) atoms. The highest BCUT2D eigenvalue weighted by atomic mass is 16.5. The number of benzene rings is 1. The number of para-hydroxylation sites is 1. The van der Waals surface area contributed by atoms with Crippen molar-refractivity contribution in [3.63, 3.8) is 0 Å². The van der Waals surface area contributed by atoms with Crippen LogP contribution < -0.4 is 10.5 Å². The van der Waals surface area contributed by atoms with Crippen LogP contribution in [-0.4, -0.2) is 13.2 Å². The second-order valence-electron chi connectivity index (χ2n) is 4.92. The van der Waals surface area contributed by atoms with E-state index in [1.54, 1.807) is 0 Å². The van der Waals surface area contributed by atoms with Crippen LogP contribution in [-0.2, 0) is 0 Å². The molecule has 2 nitrogen and oxygen atoms in total. The van der Waals surface area contributed by atoms with E-state index in [4.69, 9.17) is 10.5 Å². The molecule has 0 bridgehead atoms. The normalized spacial score (nSPS) is 23.9. The third-order valence-corrected chi connectivity index (χ3v) is 3.74. The maximum Gasteiger partial charge on any atom is 0.122 e. The van der Waals surface area contributed by atoms with E-state index in [1.165, 1.54) is 24.8 Å². The lowest BCUT2D eigenvalue weighted by Crippen LogP contribution is -2.17. The zero-order valence-corrected chi connectivity index (χ0v) is 10.7. The van der Waals surface area contributed by atoms with Gasteiger partial charge in [-0.05, 0) is 49.3 Å². The molecule has 1 fully saturated rings. The van der Waals surface area contributed by atoms with Gasteiger partial charge in [-0.25, -0.2) is 0 Å². The van der Waals surface area contributed by atoms with Crippen LogP contribution in [0.3, 0.4) is 0 Å². The van der Waals surface area contributed by atoms with E-state index < -0.39 is 0 Å². The van der Waals surface area contributed by atoms with Gasteiger partial charge in [-0.15, -0.1) is 0 Å². The molecule has 94 valence electrons. The molecule has 0 radical (unpaired) electrons. The first kappa shape index (κ1) is 12.4. The number of rotatable bonds is 5. The minimum absolute atomic E-state index is 0.605. The molecule has 2 N–H and O–H groups in total. The minimum Gasteiger partial charge on any atom is -0.493 e. The first-order valence-corrected chi connectivity index (χ1v) is 6.78. The second kappa shape index (κ2) is 6.06. The topological polar surface area (TPSA) is 35.2 Å². The molecule has 1 aromatic carbocycles. The van der Waals surface area contributed by atoms with Crippen molar-refractivity contribution < 1.29 is 4.74 Å². The Morgan fingerprint density at radius 3 is 2.88 bits per heavy atom. The van der Waals surface area contributed by atoms with Crippen LogP contribution in [0.2, 0.25) is 0 Å². The highest BCUT2D eigenvalue weighted by molar-refractivity contribution is 5.37. The van der Waals surface area contributed by atoms with Crippen LogP contribution in [0.25, 0.3) is 0 Å². The largest absolute Gasteiger partial charge is 0.493 e. The molecule has 1 aromatic rings. The van der Waals surface area contributed by atoms with Crippen molar-refractivity contribution in [1.29, 1.82) is 0 Å². The monoisotopic (exact) mass is 233 g/mol. The van der Waals surface area contributed by atoms with Gasteiger partial charge in [0, 0.05) is 0 Å². The molecule has 2 atom stereocenters. The van der Waals surface area contributed by atoms with Gasteiger partial charge in [-0.3, -0.25) is 0 Å². The van der Waals surface area contributed by atoms with Gasteiger partial charge in [-0.1, -0.05) is 31.5 Å². The van der Waals surface area contributed by atoms with E-state index in [9.17, 15) is 0 Å². The SMILES string of the molecule is CCCOc1ccccc1C1CCCC1CN. The molecule has 0 saturated heterocycles. The highest BCUT2D eigenvalue weighted by Crippen LogP contribution is 2.42. The Labute approximate surface area is 104 Å². The molecule has 2 unspecified atom stereocenters. The van der Waals surface area contributed by atoms with Gasteiger partial charge in [0.1, 0.15) is 5.75 Å². The Bertz CT molecular complexity index is 351. The lowest BCUT2D eigenvalue weighted by molar-refractivity contribution is 0.309. The van der Waals surface area contributed by atoms with Gasteiger partial charge < -0.3 is 10.5 Å². The van der Waals surface area contributed by atoms with Crippen LogP contribution in [0.15, 0.2) is 24.3 Å². The predicted octanol–water partition coefficient (Wildman–Crippen LogP) is 3.32. The van der Waals surface area contributed by atoms with Gasteiger partial charge in [0.05, 0.1) is 6.61 Å². The fourth-order valence-electron chi connectivity index (χ4n) is 2.86. The van der Waals surface area contributed by atoms with Gasteiger partial charge in [-0.2, -0.15) is 0 Å². The number of hydrogen-bond donors (Lipinski definition) is 1. The average molecular weight is 233 g/mol. The third-order valence-electron chi connectivity index (χ3n) is 3.74. The molecule has 0 spiro atoms. The predicted molar refractivity (Wildman–Crippen MR) is 71.4 cm³/mol.